The second kappa shape index (κ2) is 9.47. The maximum Gasteiger partial charge on any atom is 0.338 e. The minimum Gasteiger partial charge on any atom is -0.462 e. The van der Waals surface area contributed by atoms with Crippen LogP contribution in [0.4, 0.5) is 0 Å². The number of fused-ring (bicyclic) bond motifs is 1. The molecule has 3 heteroatoms. The standard InChI is InChI=1S/C19H23ClO2/c20-14-7-3-1-2-4-8-15-22-19(21)18-13-9-11-16-10-5-6-12-17(16)18/h5-6,9-13H,1-4,7-8,14-15H2. The van der Waals surface area contributed by atoms with Crippen molar-refractivity contribution < 1.29 is 9.53 Å². The summed E-state index contributed by atoms with van der Waals surface area (Å²) >= 11 is 5.64. The van der Waals surface area contributed by atoms with Crippen molar-refractivity contribution in [1.82, 2.24) is 0 Å². The molecule has 0 amide bonds. The van der Waals surface area contributed by atoms with Gasteiger partial charge in [-0.25, -0.2) is 4.79 Å². The van der Waals surface area contributed by atoms with Crippen LogP contribution in [-0.2, 0) is 4.74 Å². The van der Waals surface area contributed by atoms with E-state index in [-0.39, 0.29) is 5.97 Å². The van der Waals surface area contributed by atoms with Gasteiger partial charge in [-0.2, -0.15) is 0 Å². The molecule has 0 saturated carbocycles. The molecule has 0 aliphatic carbocycles. The van der Waals surface area contributed by atoms with Gasteiger partial charge in [0, 0.05) is 5.88 Å². The Kier molecular flexibility index (Phi) is 7.24. The Balaban J connectivity index is 1.75. The van der Waals surface area contributed by atoms with Crippen molar-refractivity contribution in [3.8, 4) is 0 Å². The molecular formula is C19H23ClO2. The maximum atomic E-state index is 12.2. The molecule has 0 saturated heterocycles. The van der Waals surface area contributed by atoms with E-state index in [1.165, 1.54) is 19.3 Å². The molecule has 118 valence electrons. The summed E-state index contributed by atoms with van der Waals surface area (Å²) in [7, 11) is 0. The lowest BCUT2D eigenvalue weighted by Crippen LogP contribution is -2.07. The highest BCUT2D eigenvalue weighted by atomic mass is 35.5. The van der Waals surface area contributed by atoms with Gasteiger partial charge in [0.15, 0.2) is 0 Å². The molecule has 0 spiro atoms. The first-order valence-corrected chi connectivity index (χ1v) is 8.57. The fraction of sp³-hybridized carbons (Fsp3) is 0.421. The second-order valence-corrected chi connectivity index (χ2v) is 5.85. The summed E-state index contributed by atoms with van der Waals surface area (Å²) in [6.07, 6.45) is 6.71. The molecule has 0 aliphatic rings. The van der Waals surface area contributed by atoms with Crippen LogP contribution >= 0.6 is 11.6 Å². The van der Waals surface area contributed by atoms with Crippen molar-refractivity contribution in [3.63, 3.8) is 0 Å². The molecule has 0 N–H and O–H groups in total. The number of benzene rings is 2. The summed E-state index contributed by atoms with van der Waals surface area (Å²) in [5.74, 6) is 0.529. The Hall–Kier alpha value is -1.54. The summed E-state index contributed by atoms with van der Waals surface area (Å²) in [6.45, 7) is 0.498. The largest absolute Gasteiger partial charge is 0.462 e. The number of halogens is 1. The highest BCUT2D eigenvalue weighted by Crippen LogP contribution is 2.19. The van der Waals surface area contributed by atoms with Crippen LogP contribution in [0.25, 0.3) is 10.8 Å². The van der Waals surface area contributed by atoms with Crippen LogP contribution in [0.2, 0.25) is 0 Å². The summed E-state index contributed by atoms with van der Waals surface area (Å²) in [5.41, 5.74) is 0.653. The monoisotopic (exact) mass is 318 g/mol. The van der Waals surface area contributed by atoms with Crippen LogP contribution < -0.4 is 0 Å². The Morgan fingerprint density at radius 2 is 1.55 bits per heavy atom. The van der Waals surface area contributed by atoms with Crippen molar-refractivity contribution >= 4 is 28.3 Å². The summed E-state index contributed by atoms with van der Waals surface area (Å²) < 4.78 is 5.40. The van der Waals surface area contributed by atoms with Gasteiger partial charge in [-0.15, -0.1) is 11.6 Å². The number of hydrogen-bond donors (Lipinski definition) is 0. The number of alkyl halides is 1. The fourth-order valence-electron chi connectivity index (χ4n) is 2.55. The van der Waals surface area contributed by atoms with Gasteiger partial charge in [-0.05, 0) is 29.7 Å². The molecule has 2 rings (SSSR count). The average Bonchev–Trinajstić information content (AvgIpc) is 2.56. The first-order valence-electron chi connectivity index (χ1n) is 8.04. The van der Waals surface area contributed by atoms with Crippen LogP contribution in [0.15, 0.2) is 42.5 Å². The Labute approximate surface area is 137 Å². The SMILES string of the molecule is O=C(OCCCCCCCCCl)c1cccc2ccccc12. The summed E-state index contributed by atoms with van der Waals surface area (Å²) in [5, 5.41) is 2.02. The highest BCUT2D eigenvalue weighted by molar-refractivity contribution is 6.17. The van der Waals surface area contributed by atoms with Crippen molar-refractivity contribution in [2.24, 2.45) is 0 Å². The lowest BCUT2D eigenvalue weighted by molar-refractivity contribution is 0.0500. The topological polar surface area (TPSA) is 26.3 Å². The molecule has 0 aromatic heterocycles. The van der Waals surface area contributed by atoms with Crippen molar-refractivity contribution in [2.45, 2.75) is 38.5 Å². The van der Waals surface area contributed by atoms with Gasteiger partial charge >= 0.3 is 5.97 Å². The van der Waals surface area contributed by atoms with E-state index in [0.29, 0.717) is 12.2 Å². The van der Waals surface area contributed by atoms with Crippen LogP contribution in [0.5, 0.6) is 0 Å². The van der Waals surface area contributed by atoms with Gasteiger partial charge in [-0.3, -0.25) is 0 Å². The number of ether oxygens (including phenoxy) is 1. The zero-order valence-electron chi connectivity index (χ0n) is 12.9. The van der Waals surface area contributed by atoms with Crippen LogP contribution in [-0.4, -0.2) is 18.5 Å². The van der Waals surface area contributed by atoms with Gasteiger partial charge in [0.25, 0.3) is 0 Å². The zero-order valence-corrected chi connectivity index (χ0v) is 13.6. The Morgan fingerprint density at radius 3 is 2.36 bits per heavy atom. The first-order chi connectivity index (χ1) is 10.8. The molecular weight excluding hydrogens is 296 g/mol. The molecule has 2 nitrogen and oxygen atoms in total. The number of hydrogen-bond acceptors (Lipinski definition) is 2. The van der Waals surface area contributed by atoms with E-state index in [0.717, 1.165) is 35.9 Å². The molecule has 0 radical (unpaired) electrons. The second-order valence-electron chi connectivity index (χ2n) is 5.47. The van der Waals surface area contributed by atoms with E-state index >= 15 is 0 Å². The number of rotatable bonds is 9. The van der Waals surface area contributed by atoms with Gasteiger partial charge in [-0.1, -0.05) is 62.1 Å². The third-order valence-electron chi connectivity index (χ3n) is 3.77. The summed E-state index contributed by atoms with van der Waals surface area (Å²) in [4.78, 5) is 12.2. The average molecular weight is 319 g/mol. The molecule has 0 unspecified atom stereocenters. The molecule has 2 aromatic rings. The van der Waals surface area contributed by atoms with Crippen molar-refractivity contribution in [3.05, 3.63) is 48.0 Å². The molecule has 22 heavy (non-hydrogen) atoms. The minimum absolute atomic E-state index is 0.223. The summed E-state index contributed by atoms with van der Waals surface area (Å²) in [6, 6.07) is 13.6. The van der Waals surface area contributed by atoms with E-state index in [4.69, 9.17) is 16.3 Å². The minimum atomic E-state index is -0.223. The smallest absolute Gasteiger partial charge is 0.338 e. The van der Waals surface area contributed by atoms with Crippen LogP contribution in [0, 0.1) is 0 Å². The van der Waals surface area contributed by atoms with E-state index in [1.54, 1.807) is 0 Å². The lowest BCUT2D eigenvalue weighted by Gasteiger charge is -2.07. The van der Waals surface area contributed by atoms with Gasteiger partial charge in [0.05, 0.1) is 12.2 Å². The third-order valence-corrected chi connectivity index (χ3v) is 4.04. The Bertz CT molecular complexity index is 590. The highest BCUT2D eigenvalue weighted by Gasteiger charge is 2.10. The van der Waals surface area contributed by atoms with E-state index in [1.807, 2.05) is 42.5 Å². The van der Waals surface area contributed by atoms with Gasteiger partial charge < -0.3 is 4.74 Å². The predicted octanol–water partition coefficient (Wildman–Crippen LogP) is 5.58. The zero-order chi connectivity index (χ0) is 15.6. The number of carbonyl (C=O) groups is 1. The van der Waals surface area contributed by atoms with E-state index < -0.39 is 0 Å². The molecule has 0 fully saturated rings. The van der Waals surface area contributed by atoms with Crippen molar-refractivity contribution in [1.29, 1.82) is 0 Å². The quantitative estimate of drug-likeness (QED) is 0.343. The molecule has 0 heterocycles. The number of carbonyl (C=O) groups excluding carboxylic acids is 1. The fourth-order valence-corrected chi connectivity index (χ4v) is 2.74. The van der Waals surface area contributed by atoms with Gasteiger partial charge in [0.2, 0.25) is 0 Å². The van der Waals surface area contributed by atoms with Gasteiger partial charge in [0.1, 0.15) is 0 Å². The Morgan fingerprint density at radius 1 is 0.864 bits per heavy atom. The predicted molar refractivity (Wildman–Crippen MR) is 92.7 cm³/mol. The molecule has 0 bridgehead atoms. The third kappa shape index (κ3) is 5.03. The normalized spacial score (nSPS) is 10.8. The maximum absolute atomic E-state index is 12.2. The molecule has 2 aromatic carbocycles. The van der Waals surface area contributed by atoms with Crippen LogP contribution in [0.3, 0.4) is 0 Å². The van der Waals surface area contributed by atoms with E-state index in [9.17, 15) is 4.79 Å². The van der Waals surface area contributed by atoms with Crippen molar-refractivity contribution in [2.75, 3.05) is 12.5 Å². The van der Waals surface area contributed by atoms with E-state index in [2.05, 4.69) is 0 Å². The molecule has 0 aliphatic heterocycles. The lowest BCUT2D eigenvalue weighted by atomic mass is 10.0. The number of esters is 1. The first kappa shape index (κ1) is 16.8. The number of unbranched alkanes of at least 4 members (excludes halogenated alkanes) is 5. The van der Waals surface area contributed by atoms with Crippen LogP contribution in [0.1, 0.15) is 48.9 Å². The molecule has 0 atom stereocenters.